The maximum atomic E-state index is 14.3. The first-order valence-electron chi connectivity index (χ1n) is 9.32. The number of pyridine rings is 1. The van der Waals surface area contributed by atoms with E-state index in [0.29, 0.717) is 17.5 Å². The SMILES string of the molecule is C[C@H](c1ccc(C(F)(F)F)cc1F)n1cc(NC(=O)c2cc(-c3ccccn3)on2)cn1. The molecule has 1 aromatic carbocycles. The summed E-state index contributed by atoms with van der Waals surface area (Å²) in [7, 11) is 0. The Kier molecular flexibility index (Phi) is 5.47. The molecule has 0 aliphatic carbocycles. The zero-order valence-corrected chi connectivity index (χ0v) is 16.5. The van der Waals surface area contributed by atoms with Gasteiger partial charge in [0.05, 0.1) is 23.5 Å². The molecule has 1 N–H and O–H groups in total. The molecule has 1 amide bonds. The summed E-state index contributed by atoms with van der Waals surface area (Å²) in [5.74, 6) is -1.25. The molecule has 0 aliphatic heterocycles. The number of hydrogen-bond donors (Lipinski definition) is 1. The van der Waals surface area contributed by atoms with E-state index in [-0.39, 0.29) is 16.9 Å². The Labute approximate surface area is 178 Å². The van der Waals surface area contributed by atoms with Crippen molar-refractivity contribution in [2.75, 3.05) is 5.32 Å². The molecule has 0 unspecified atom stereocenters. The lowest BCUT2D eigenvalue weighted by molar-refractivity contribution is -0.137. The van der Waals surface area contributed by atoms with Crippen LogP contribution in [0.25, 0.3) is 11.5 Å². The first-order valence-corrected chi connectivity index (χ1v) is 9.32. The van der Waals surface area contributed by atoms with E-state index in [1.807, 2.05) is 0 Å². The van der Waals surface area contributed by atoms with Crippen LogP contribution in [-0.4, -0.2) is 25.8 Å². The first kappa shape index (κ1) is 21.2. The van der Waals surface area contributed by atoms with Crippen LogP contribution in [0.4, 0.5) is 23.2 Å². The molecule has 3 aromatic heterocycles. The lowest BCUT2D eigenvalue weighted by Gasteiger charge is -2.15. The van der Waals surface area contributed by atoms with Crippen LogP contribution in [0.3, 0.4) is 0 Å². The van der Waals surface area contributed by atoms with Crippen molar-refractivity contribution in [3.05, 3.63) is 83.7 Å². The molecule has 11 heteroatoms. The van der Waals surface area contributed by atoms with Gasteiger partial charge in [-0.25, -0.2) is 4.39 Å². The Bertz CT molecular complexity index is 1250. The number of aromatic nitrogens is 4. The minimum Gasteiger partial charge on any atom is -0.354 e. The maximum absolute atomic E-state index is 14.3. The third kappa shape index (κ3) is 4.36. The fraction of sp³-hybridized carbons (Fsp3) is 0.143. The molecule has 0 fully saturated rings. The van der Waals surface area contributed by atoms with Crippen molar-refractivity contribution in [2.24, 2.45) is 0 Å². The highest BCUT2D eigenvalue weighted by molar-refractivity contribution is 6.03. The van der Waals surface area contributed by atoms with E-state index in [9.17, 15) is 22.4 Å². The van der Waals surface area contributed by atoms with Crippen molar-refractivity contribution in [1.82, 2.24) is 19.9 Å². The molecular weight excluding hydrogens is 430 g/mol. The van der Waals surface area contributed by atoms with Gasteiger partial charge in [-0.15, -0.1) is 0 Å². The van der Waals surface area contributed by atoms with Crippen LogP contribution in [0.1, 0.15) is 34.6 Å². The van der Waals surface area contributed by atoms with Crippen LogP contribution < -0.4 is 5.32 Å². The smallest absolute Gasteiger partial charge is 0.354 e. The number of alkyl halides is 3. The third-order valence-electron chi connectivity index (χ3n) is 4.69. The predicted octanol–water partition coefficient (Wildman–Crippen LogP) is 4.95. The van der Waals surface area contributed by atoms with Gasteiger partial charge < -0.3 is 9.84 Å². The van der Waals surface area contributed by atoms with Crippen molar-refractivity contribution >= 4 is 11.6 Å². The Morgan fingerprint density at radius 2 is 2.00 bits per heavy atom. The molecule has 0 saturated heterocycles. The molecule has 4 rings (SSSR count). The number of rotatable bonds is 5. The largest absolute Gasteiger partial charge is 0.416 e. The van der Waals surface area contributed by atoms with Gasteiger partial charge in [0.2, 0.25) is 0 Å². The number of amides is 1. The van der Waals surface area contributed by atoms with Crippen LogP contribution in [0, 0.1) is 5.82 Å². The third-order valence-corrected chi connectivity index (χ3v) is 4.69. The standard InChI is InChI=1S/C21H15F4N5O2/c1-12(15-6-5-13(8-16(15)22)21(23,24)25)30-11-14(10-27-30)28-20(31)18-9-19(32-29-18)17-4-2-3-7-26-17/h2-12H,1H3,(H,28,31)/t12-/m1/s1. The van der Waals surface area contributed by atoms with E-state index < -0.39 is 29.5 Å². The average Bonchev–Trinajstić information content (AvgIpc) is 3.43. The summed E-state index contributed by atoms with van der Waals surface area (Å²) >= 11 is 0. The summed E-state index contributed by atoms with van der Waals surface area (Å²) in [6.45, 7) is 1.57. The Hall–Kier alpha value is -4.02. The molecule has 3 heterocycles. The van der Waals surface area contributed by atoms with Crippen LogP contribution >= 0.6 is 0 Å². The number of halogens is 4. The average molecular weight is 445 g/mol. The van der Waals surface area contributed by atoms with E-state index in [0.717, 1.165) is 12.1 Å². The minimum absolute atomic E-state index is 0.0141. The van der Waals surface area contributed by atoms with Gasteiger partial charge in [-0.1, -0.05) is 17.3 Å². The predicted molar refractivity (Wildman–Crippen MR) is 105 cm³/mol. The van der Waals surface area contributed by atoms with Crippen molar-refractivity contribution < 1.29 is 26.9 Å². The quantitative estimate of drug-likeness (QED) is 0.439. The van der Waals surface area contributed by atoms with E-state index in [4.69, 9.17) is 4.52 Å². The summed E-state index contributed by atoms with van der Waals surface area (Å²) in [4.78, 5) is 16.5. The molecule has 32 heavy (non-hydrogen) atoms. The summed E-state index contributed by atoms with van der Waals surface area (Å²) in [5, 5.41) is 10.4. The number of anilines is 1. The van der Waals surface area contributed by atoms with Gasteiger partial charge in [0.15, 0.2) is 11.5 Å². The van der Waals surface area contributed by atoms with Crippen LogP contribution in [-0.2, 0) is 6.18 Å². The lowest BCUT2D eigenvalue weighted by atomic mass is 10.1. The van der Waals surface area contributed by atoms with Gasteiger partial charge in [0, 0.05) is 24.0 Å². The van der Waals surface area contributed by atoms with E-state index in [1.165, 1.54) is 23.1 Å². The zero-order valence-electron chi connectivity index (χ0n) is 16.5. The fourth-order valence-corrected chi connectivity index (χ4v) is 3.01. The Morgan fingerprint density at radius 1 is 1.19 bits per heavy atom. The topological polar surface area (TPSA) is 85.8 Å². The summed E-state index contributed by atoms with van der Waals surface area (Å²) in [5.41, 5.74) is -0.233. The van der Waals surface area contributed by atoms with Gasteiger partial charge in [-0.3, -0.25) is 14.5 Å². The second-order valence-corrected chi connectivity index (χ2v) is 6.86. The number of benzene rings is 1. The van der Waals surface area contributed by atoms with E-state index in [2.05, 4.69) is 20.6 Å². The molecule has 7 nitrogen and oxygen atoms in total. The lowest BCUT2D eigenvalue weighted by Crippen LogP contribution is -2.13. The molecule has 164 valence electrons. The van der Waals surface area contributed by atoms with E-state index in [1.54, 1.807) is 31.3 Å². The zero-order chi connectivity index (χ0) is 22.9. The Morgan fingerprint density at radius 3 is 2.69 bits per heavy atom. The minimum atomic E-state index is -4.64. The van der Waals surface area contributed by atoms with Crippen molar-refractivity contribution in [3.63, 3.8) is 0 Å². The Balaban J connectivity index is 1.47. The second-order valence-electron chi connectivity index (χ2n) is 6.86. The molecule has 0 spiro atoms. The fourth-order valence-electron chi connectivity index (χ4n) is 3.01. The van der Waals surface area contributed by atoms with E-state index >= 15 is 0 Å². The monoisotopic (exact) mass is 445 g/mol. The molecule has 0 saturated carbocycles. The number of nitrogens with one attached hydrogen (secondary N) is 1. The number of nitrogens with zero attached hydrogens (tertiary/aromatic N) is 4. The van der Waals surface area contributed by atoms with Gasteiger partial charge in [-0.05, 0) is 31.2 Å². The number of carbonyl (C=O) groups excluding carboxylic acids is 1. The van der Waals surface area contributed by atoms with Crippen molar-refractivity contribution in [1.29, 1.82) is 0 Å². The summed E-state index contributed by atoms with van der Waals surface area (Å²) in [6, 6.07) is 8.24. The molecule has 1 atom stereocenters. The van der Waals surface area contributed by atoms with Gasteiger partial charge in [0.25, 0.3) is 5.91 Å². The second kappa shape index (κ2) is 8.25. The van der Waals surface area contributed by atoms with Crippen molar-refractivity contribution in [2.45, 2.75) is 19.1 Å². The normalized spacial score (nSPS) is 12.5. The van der Waals surface area contributed by atoms with Gasteiger partial charge in [0.1, 0.15) is 11.5 Å². The van der Waals surface area contributed by atoms with Crippen LogP contribution in [0.15, 0.2) is 65.6 Å². The first-order chi connectivity index (χ1) is 15.2. The highest BCUT2D eigenvalue weighted by atomic mass is 19.4. The summed E-state index contributed by atoms with van der Waals surface area (Å²) < 4.78 is 59.0. The molecule has 0 aliphatic rings. The maximum Gasteiger partial charge on any atom is 0.416 e. The van der Waals surface area contributed by atoms with Crippen LogP contribution in [0.5, 0.6) is 0 Å². The van der Waals surface area contributed by atoms with Crippen LogP contribution in [0.2, 0.25) is 0 Å². The van der Waals surface area contributed by atoms with Gasteiger partial charge >= 0.3 is 6.18 Å². The molecule has 4 aromatic rings. The molecular formula is C21H15F4N5O2. The highest BCUT2D eigenvalue weighted by Crippen LogP contribution is 2.32. The van der Waals surface area contributed by atoms with Gasteiger partial charge in [-0.2, -0.15) is 18.3 Å². The highest BCUT2D eigenvalue weighted by Gasteiger charge is 2.31. The summed E-state index contributed by atoms with van der Waals surface area (Å²) in [6.07, 6.45) is -0.300. The molecule has 0 radical (unpaired) electrons. The molecule has 0 bridgehead atoms. The number of hydrogen-bond acceptors (Lipinski definition) is 5. The van der Waals surface area contributed by atoms with Crippen molar-refractivity contribution in [3.8, 4) is 11.5 Å². The number of carbonyl (C=O) groups is 1.